The molecule has 1 aromatic rings. The topological polar surface area (TPSA) is 3.24 Å². The van der Waals surface area contributed by atoms with Gasteiger partial charge in [-0.2, -0.15) is 13.2 Å². The van der Waals surface area contributed by atoms with Gasteiger partial charge in [0.1, 0.15) is 0 Å². The van der Waals surface area contributed by atoms with Crippen molar-refractivity contribution in [2.45, 2.75) is 31.6 Å². The number of nitrogens with zero attached hydrogens (tertiary/aromatic N) is 1. The lowest BCUT2D eigenvalue weighted by molar-refractivity contribution is -0.265. The molecular formula is C12H14F3N. The normalized spacial score (nSPS) is 23.3. The summed E-state index contributed by atoms with van der Waals surface area (Å²) >= 11 is 0. The van der Waals surface area contributed by atoms with Crippen LogP contribution in [-0.2, 0) is 0 Å². The third kappa shape index (κ3) is 2.38. The van der Waals surface area contributed by atoms with Crippen LogP contribution in [0.5, 0.6) is 0 Å². The summed E-state index contributed by atoms with van der Waals surface area (Å²) < 4.78 is 38.4. The number of likely N-dealkylation sites (tertiary alicyclic amines) is 1. The van der Waals surface area contributed by atoms with E-state index in [1.807, 2.05) is 6.07 Å². The molecule has 1 aliphatic heterocycles. The lowest BCUT2D eigenvalue weighted by atomic mass is 9.96. The minimum Gasteiger partial charge on any atom is -0.207 e. The molecule has 1 unspecified atom stereocenters. The predicted molar refractivity (Wildman–Crippen MR) is 55.8 cm³/mol. The van der Waals surface area contributed by atoms with Crippen molar-refractivity contribution < 1.29 is 13.2 Å². The van der Waals surface area contributed by atoms with Crippen molar-refractivity contribution in [2.24, 2.45) is 0 Å². The molecule has 0 aliphatic carbocycles. The molecule has 1 heterocycles. The van der Waals surface area contributed by atoms with Gasteiger partial charge in [0.15, 0.2) is 0 Å². The summed E-state index contributed by atoms with van der Waals surface area (Å²) in [5.41, 5.74) is 0.763. The molecular weight excluding hydrogens is 215 g/mol. The quantitative estimate of drug-likeness (QED) is 0.663. The van der Waals surface area contributed by atoms with Gasteiger partial charge >= 0.3 is 6.30 Å². The highest BCUT2D eigenvalue weighted by molar-refractivity contribution is 5.19. The van der Waals surface area contributed by atoms with Crippen molar-refractivity contribution in [3.05, 3.63) is 35.9 Å². The van der Waals surface area contributed by atoms with Crippen molar-refractivity contribution in [2.75, 3.05) is 6.54 Å². The molecule has 4 heteroatoms. The van der Waals surface area contributed by atoms with E-state index in [-0.39, 0.29) is 6.54 Å². The fourth-order valence-corrected chi connectivity index (χ4v) is 2.26. The summed E-state index contributed by atoms with van der Waals surface area (Å²) in [5.74, 6) is 0. The summed E-state index contributed by atoms with van der Waals surface area (Å²) in [6, 6.07) is 8.44. The molecule has 1 saturated heterocycles. The standard InChI is InChI=1S/C12H14F3N/c13-12(14,15)16-9-5-4-8-11(16)10-6-2-1-3-7-10/h1-3,6-7,11H,4-5,8-9H2. The summed E-state index contributed by atoms with van der Waals surface area (Å²) in [4.78, 5) is 0.659. The van der Waals surface area contributed by atoms with Crippen molar-refractivity contribution in [3.8, 4) is 0 Å². The minimum absolute atomic E-state index is 0.114. The molecule has 1 aromatic carbocycles. The van der Waals surface area contributed by atoms with Crippen molar-refractivity contribution in [3.63, 3.8) is 0 Å². The second-order valence-electron chi connectivity index (χ2n) is 4.08. The lowest BCUT2D eigenvalue weighted by Crippen LogP contribution is -2.43. The van der Waals surface area contributed by atoms with E-state index in [4.69, 9.17) is 0 Å². The Kier molecular flexibility index (Phi) is 3.19. The maximum absolute atomic E-state index is 12.8. The van der Waals surface area contributed by atoms with Crippen LogP contribution in [-0.4, -0.2) is 17.7 Å². The first-order valence-electron chi connectivity index (χ1n) is 5.47. The summed E-state index contributed by atoms with van der Waals surface area (Å²) in [6.45, 7) is 0.114. The van der Waals surface area contributed by atoms with E-state index in [1.54, 1.807) is 24.3 Å². The molecule has 0 saturated carbocycles. The molecule has 88 valence electrons. The van der Waals surface area contributed by atoms with E-state index < -0.39 is 12.3 Å². The molecule has 2 rings (SSSR count). The SMILES string of the molecule is FC(F)(F)N1CCCCC1c1ccccc1. The highest BCUT2D eigenvalue weighted by Crippen LogP contribution is 2.38. The van der Waals surface area contributed by atoms with Gasteiger partial charge in [0.05, 0.1) is 0 Å². The largest absolute Gasteiger partial charge is 0.460 e. The van der Waals surface area contributed by atoms with Crippen LogP contribution < -0.4 is 0 Å². The van der Waals surface area contributed by atoms with E-state index >= 15 is 0 Å². The summed E-state index contributed by atoms with van der Waals surface area (Å²) in [7, 11) is 0. The van der Waals surface area contributed by atoms with Crippen LogP contribution in [0.4, 0.5) is 13.2 Å². The second-order valence-corrected chi connectivity index (χ2v) is 4.08. The van der Waals surface area contributed by atoms with Crippen LogP contribution in [0, 0.1) is 0 Å². The van der Waals surface area contributed by atoms with Crippen molar-refractivity contribution in [1.29, 1.82) is 0 Å². The highest BCUT2D eigenvalue weighted by atomic mass is 19.4. The van der Waals surface area contributed by atoms with Gasteiger partial charge in [-0.15, -0.1) is 0 Å². The van der Waals surface area contributed by atoms with Crippen LogP contribution in [0.1, 0.15) is 30.9 Å². The monoisotopic (exact) mass is 229 g/mol. The van der Waals surface area contributed by atoms with Gasteiger partial charge in [-0.3, -0.25) is 0 Å². The van der Waals surface area contributed by atoms with E-state index in [9.17, 15) is 13.2 Å². The zero-order valence-corrected chi connectivity index (χ0v) is 8.87. The second kappa shape index (κ2) is 4.45. The van der Waals surface area contributed by atoms with Crippen LogP contribution in [0.2, 0.25) is 0 Å². The Bertz CT molecular complexity index is 334. The predicted octanol–water partition coefficient (Wildman–Crippen LogP) is 3.73. The van der Waals surface area contributed by atoms with Gasteiger partial charge in [0.2, 0.25) is 0 Å². The summed E-state index contributed by atoms with van der Waals surface area (Å²) in [6.07, 6.45) is -2.14. The molecule has 0 amide bonds. The van der Waals surface area contributed by atoms with Crippen LogP contribution in [0.25, 0.3) is 0 Å². The van der Waals surface area contributed by atoms with Gasteiger partial charge in [0.25, 0.3) is 0 Å². The fraction of sp³-hybridized carbons (Fsp3) is 0.500. The Hall–Kier alpha value is -1.03. The first-order valence-corrected chi connectivity index (χ1v) is 5.47. The lowest BCUT2D eigenvalue weighted by Gasteiger charge is -2.36. The first-order chi connectivity index (χ1) is 7.59. The molecule has 1 nitrogen and oxygen atoms in total. The average Bonchev–Trinajstić information content (AvgIpc) is 2.29. The molecule has 0 radical (unpaired) electrons. The number of rotatable bonds is 1. The molecule has 16 heavy (non-hydrogen) atoms. The van der Waals surface area contributed by atoms with Gasteiger partial charge in [0, 0.05) is 12.6 Å². The number of benzene rings is 1. The fourth-order valence-electron chi connectivity index (χ4n) is 2.26. The smallest absolute Gasteiger partial charge is 0.207 e. The van der Waals surface area contributed by atoms with Gasteiger partial charge in [-0.1, -0.05) is 36.8 Å². The average molecular weight is 229 g/mol. The minimum atomic E-state index is -4.22. The molecule has 1 fully saturated rings. The highest BCUT2D eigenvalue weighted by Gasteiger charge is 2.43. The maximum atomic E-state index is 12.8. The Morgan fingerprint density at radius 3 is 2.38 bits per heavy atom. The van der Waals surface area contributed by atoms with E-state index in [0.717, 1.165) is 12.0 Å². The van der Waals surface area contributed by atoms with Crippen molar-refractivity contribution in [1.82, 2.24) is 4.90 Å². The van der Waals surface area contributed by atoms with Crippen LogP contribution >= 0.6 is 0 Å². The third-order valence-electron chi connectivity index (χ3n) is 3.01. The molecule has 1 aliphatic rings. The number of hydrogen-bond donors (Lipinski definition) is 0. The number of halogens is 3. The number of hydrogen-bond acceptors (Lipinski definition) is 1. The van der Waals surface area contributed by atoms with E-state index in [0.29, 0.717) is 17.7 Å². The Morgan fingerprint density at radius 2 is 1.75 bits per heavy atom. The maximum Gasteiger partial charge on any atom is 0.460 e. The molecule has 0 N–H and O–H groups in total. The van der Waals surface area contributed by atoms with Crippen LogP contribution in [0.15, 0.2) is 30.3 Å². The van der Waals surface area contributed by atoms with E-state index in [1.165, 1.54) is 0 Å². The molecule has 0 spiro atoms. The number of piperidine rings is 1. The van der Waals surface area contributed by atoms with Gasteiger partial charge in [-0.05, 0) is 18.4 Å². The third-order valence-corrected chi connectivity index (χ3v) is 3.01. The van der Waals surface area contributed by atoms with Crippen LogP contribution in [0.3, 0.4) is 0 Å². The zero-order valence-electron chi connectivity index (χ0n) is 8.87. The Labute approximate surface area is 92.9 Å². The molecule has 0 bridgehead atoms. The molecule has 1 atom stereocenters. The number of alkyl halides is 3. The zero-order chi connectivity index (χ0) is 11.6. The van der Waals surface area contributed by atoms with Gasteiger partial charge in [-0.25, -0.2) is 4.90 Å². The summed E-state index contributed by atoms with van der Waals surface area (Å²) in [5, 5.41) is 0. The Balaban J connectivity index is 2.24. The van der Waals surface area contributed by atoms with Gasteiger partial charge < -0.3 is 0 Å². The van der Waals surface area contributed by atoms with E-state index in [2.05, 4.69) is 0 Å². The Morgan fingerprint density at radius 1 is 1.06 bits per heavy atom. The van der Waals surface area contributed by atoms with Crippen molar-refractivity contribution >= 4 is 0 Å². The first kappa shape index (κ1) is 11.5. The molecule has 0 aromatic heterocycles.